The monoisotopic (exact) mass is 396 g/mol. The van der Waals surface area contributed by atoms with Crippen molar-refractivity contribution in [2.45, 2.75) is 31.3 Å². The Morgan fingerprint density at radius 2 is 1.73 bits per heavy atom. The van der Waals surface area contributed by atoms with Gasteiger partial charge in [-0.3, -0.25) is 4.90 Å². The molecular weight excluding hydrogens is 376 g/mol. The van der Waals surface area contributed by atoms with E-state index in [1.54, 1.807) is 4.90 Å². The highest BCUT2D eigenvalue weighted by atomic mass is 32.1. The molecule has 1 aliphatic heterocycles. The van der Waals surface area contributed by atoms with Crippen molar-refractivity contribution in [1.82, 2.24) is 0 Å². The zero-order valence-electron chi connectivity index (χ0n) is 14.1. The Labute approximate surface area is 161 Å². The van der Waals surface area contributed by atoms with Crippen molar-refractivity contribution in [3.05, 3.63) is 29.8 Å². The Hall–Kier alpha value is -2.64. The quantitative estimate of drug-likeness (QED) is 0.552. The van der Waals surface area contributed by atoms with Crippen molar-refractivity contribution in [2.24, 2.45) is 11.5 Å². The molecule has 0 aromatic heterocycles. The largest absolute Gasteiger partial charge is 0.487 e. The number of hydrogen-bond donors (Lipinski definition) is 4. The number of rotatable bonds is 2. The van der Waals surface area contributed by atoms with Crippen LogP contribution in [0, 0.1) is 11.3 Å². The third-order valence-electron chi connectivity index (χ3n) is 3.66. The zero-order valence-corrected chi connectivity index (χ0v) is 15.7. The topological polar surface area (TPSA) is 146 Å². The van der Waals surface area contributed by atoms with Crippen molar-refractivity contribution in [3.63, 3.8) is 0 Å². The molecule has 10 heteroatoms. The van der Waals surface area contributed by atoms with Crippen LogP contribution in [0.25, 0.3) is 0 Å². The summed E-state index contributed by atoms with van der Waals surface area (Å²) in [5.74, 6) is 0. The van der Waals surface area contributed by atoms with Gasteiger partial charge in [0.2, 0.25) is 0 Å². The number of aliphatic hydroxyl groups is 2. The number of hydrogen-bond acceptors (Lipinski definition) is 5. The minimum atomic E-state index is -0.500. The molecule has 1 heterocycles. The normalized spacial score (nSPS) is 18.8. The van der Waals surface area contributed by atoms with E-state index in [4.69, 9.17) is 20.2 Å². The van der Waals surface area contributed by atoms with Gasteiger partial charge in [0.05, 0.1) is 18.0 Å². The Morgan fingerprint density at radius 3 is 2.04 bits per heavy atom. The average Bonchev–Trinajstić information content (AvgIpc) is 3.26. The lowest BCUT2D eigenvalue weighted by molar-refractivity contribution is 0.150. The zero-order chi connectivity index (χ0) is 19.9. The van der Waals surface area contributed by atoms with Gasteiger partial charge in [-0.2, -0.15) is 5.26 Å². The van der Waals surface area contributed by atoms with Crippen molar-refractivity contribution >= 4 is 46.6 Å². The molecule has 1 atom stereocenters. The minimum Gasteiger partial charge on any atom is -0.487 e. The summed E-state index contributed by atoms with van der Waals surface area (Å²) in [6.45, 7) is 2.46. The van der Waals surface area contributed by atoms with E-state index in [-0.39, 0.29) is 17.6 Å². The number of ether oxygens (including phenoxy) is 1. The Balaban J connectivity index is 0.000000360. The van der Waals surface area contributed by atoms with Gasteiger partial charge in [-0.05, 0) is 61.9 Å². The smallest absolute Gasteiger partial charge is 0.414 e. The summed E-state index contributed by atoms with van der Waals surface area (Å²) in [5.41, 5.74) is 10.4. The van der Waals surface area contributed by atoms with Crippen LogP contribution in [0.2, 0.25) is 0 Å². The van der Waals surface area contributed by atoms with Gasteiger partial charge in [0.15, 0.2) is 0 Å². The van der Waals surface area contributed by atoms with Gasteiger partial charge in [0, 0.05) is 5.69 Å². The standard InChI is InChI=1S/C14H14N2O2.2CH3NOS/c1-10-8-16(13(17)18-10)12-4-2-11(3-5-12)14(9-15)6-7-14;2*2-1(3)4/h2-5,10H,6-8H2,1H3;2*(H3,2,3,4). The van der Waals surface area contributed by atoms with E-state index in [1.165, 1.54) is 0 Å². The van der Waals surface area contributed by atoms with Gasteiger partial charge < -0.3 is 26.4 Å². The summed E-state index contributed by atoms with van der Waals surface area (Å²) in [4.78, 5) is 13.2. The van der Waals surface area contributed by atoms with E-state index in [1.807, 2.05) is 31.2 Å². The molecule has 0 bridgehead atoms. The van der Waals surface area contributed by atoms with Crippen LogP contribution in [0.4, 0.5) is 10.5 Å². The van der Waals surface area contributed by atoms with Gasteiger partial charge in [0.1, 0.15) is 6.10 Å². The molecule has 3 rings (SSSR count). The predicted octanol–water partition coefficient (Wildman–Crippen LogP) is 2.16. The van der Waals surface area contributed by atoms with E-state index < -0.39 is 10.3 Å². The summed E-state index contributed by atoms with van der Waals surface area (Å²) >= 11 is 7.74. The number of anilines is 1. The van der Waals surface area contributed by atoms with Crippen molar-refractivity contribution < 1.29 is 19.7 Å². The predicted molar refractivity (Wildman–Crippen MR) is 105 cm³/mol. The Kier molecular flexibility index (Phi) is 7.55. The number of thiocarbonyl (C=S) groups is 2. The van der Waals surface area contributed by atoms with E-state index in [2.05, 4.69) is 42.0 Å². The summed E-state index contributed by atoms with van der Waals surface area (Å²) in [5, 5.41) is 23.3. The number of carbonyl (C=O) groups is 1. The van der Waals surface area contributed by atoms with E-state index >= 15 is 0 Å². The summed E-state index contributed by atoms with van der Waals surface area (Å²) < 4.78 is 5.09. The summed E-state index contributed by atoms with van der Waals surface area (Å²) in [6, 6.07) is 10.1. The molecule has 26 heavy (non-hydrogen) atoms. The lowest BCUT2D eigenvalue weighted by Gasteiger charge is -2.14. The SMILES string of the molecule is CC1CN(c2ccc(C3(C#N)CC3)cc2)C(=O)O1.NC(O)=S.NC(O)=S. The van der Waals surface area contributed by atoms with Crippen molar-refractivity contribution in [3.8, 4) is 6.07 Å². The first-order valence-corrected chi connectivity index (χ1v) is 8.39. The molecule has 1 aliphatic carbocycles. The maximum atomic E-state index is 11.6. The van der Waals surface area contributed by atoms with Crippen LogP contribution in [0.5, 0.6) is 0 Å². The third kappa shape index (κ3) is 6.34. The number of nitrogens with two attached hydrogens (primary N) is 2. The van der Waals surface area contributed by atoms with Crippen LogP contribution in [0.15, 0.2) is 24.3 Å². The third-order valence-corrected chi connectivity index (χ3v) is 3.66. The van der Waals surface area contributed by atoms with Crippen molar-refractivity contribution in [1.29, 1.82) is 5.26 Å². The number of carbonyl (C=O) groups excluding carboxylic acids is 1. The van der Waals surface area contributed by atoms with Gasteiger partial charge >= 0.3 is 6.09 Å². The van der Waals surface area contributed by atoms with Crippen LogP contribution in [-0.4, -0.2) is 39.3 Å². The molecular formula is C16H20N4O4S2. The Morgan fingerprint density at radius 1 is 1.27 bits per heavy atom. The Bertz CT molecular complexity index is 694. The first-order valence-electron chi connectivity index (χ1n) is 7.58. The van der Waals surface area contributed by atoms with Crippen LogP contribution in [0.1, 0.15) is 25.3 Å². The molecule has 140 valence electrons. The molecule has 8 nitrogen and oxygen atoms in total. The van der Waals surface area contributed by atoms with E-state index in [0.717, 1.165) is 24.1 Å². The number of nitriles is 1. The van der Waals surface area contributed by atoms with Crippen LogP contribution >= 0.6 is 24.4 Å². The fourth-order valence-electron chi connectivity index (χ4n) is 2.37. The highest BCUT2D eigenvalue weighted by Gasteiger charge is 2.44. The number of amides is 1. The first kappa shape index (κ1) is 21.4. The summed E-state index contributed by atoms with van der Waals surface area (Å²) in [6.07, 6.45) is 1.51. The second-order valence-corrected chi connectivity index (χ2v) is 6.56. The fraction of sp³-hybridized carbons (Fsp3) is 0.375. The number of nitrogens with zero attached hydrogens (tertiary/aromatic N) is 2. The fourth-order valence-corrected chi connectivity index (χ4v) is 2.37. The maximum absolute atomic E-state index is 11.6. The second kappa shape index (κ2) is 9.17. The summed E-state index contributed by atoms with van der Waals surface area (Å²) in [7, 11) is 0. The lowest BCUT2D eigenvalue weighted by Crippen LogP contribution is -2.24. The average molecular weight is 396 g/mol. The van der Waals surface area contributed by atoms with Gasteiger partial charge in [-0.15, -0.1) is 0 Å². The van der Waals surface area contributed by atoms with Crippen molar-refractivity contribution in [2.75, 3.05) is 11.4 Å². The van der Waals surface area contributed by atoms with Crippen LogP contribution in [0.3, 0.4) is 0 Å². The van der Waals surface area contributed by atoms with Gasteiger partial charge in [0.25, 0.3) is 10.3 Å². The number of benzene rings is 1. The highest BCUT2D eigenvalue weighted by Crippen LogP contribution is 2.47. The molecule has 1 aromatic carbocycles. The van der Waals surface area contributed by atoms with E-state index in [9.17, 15) is 4.79 Å². The molecule has 0 spiro atoms. The molecule has 1 saturated carbocycles. The van der Waals surface area contributed by atoms with Gasteiger partial charge in [-0.25, -0.2) is 4.79 Å². The molecule has 2 fully saturated rings. The molecule has 1 saturated heterocycles. The molecule has 6 N–H and O–H groups in total. The molecule has 2 aliphatic rings. The van der Waals surface area contributed by atoms with E-state index in [0.29, 0.717) is 6.54 Å². The molecule has 1 aromatic rings. The molecule has 0 radical (unpaired) electrons. The first-order chi connectivity index (χ1) is 12.1. The number of aliphatic hydroxyl groups excluding tert-OH is 2. The second-order valence-electron chi connectivity index (χ2n) is 5.72. The maximum Gasteiger partial charge on any atom is 0.414 e. The molecule has 1 amide bonds. The van der Waals surface area contributed by atoms with Crippen LogP contribution in [-0.2, 0) is 10.2 Å². The highest BCUT2D eigenvalue weighted by molar-refractivity contribution is 7.80. The number of cyclic esters (lactones) is 1. The lowest BCUT2D eigenvalue weighted by atomic mass is 9.97. The van der Waals surface area contributed by atoms with Crippen LogP contribution < -0.4 is 16.4 Å². The minimum absolute atomic E-state index is 0.0638. The van der Waals surface area contributed by atoms with Gasteiger partial charge in [-0.1, -0.05) is 12.1 Å². The molecule has 1 unspecified atom stereocenters.